The van der Waals surface area contributed by atoms with Gasteiger partial charge >= 0.3 is 5.97 Å². The van der Waals surface area contributed by atoms with Crippen LogP contribution in [0, 0.1) is 5.82 Å². The summed E-state index contributed by atoms with van der Waals surface area (Å²) in [6.07, 6.45) is 1.55. The van der Waals surface area contributed by atoms with Crippen LogP contribution in [0.5, 0.6) is 0 Å². The highest BCUT2D eigenvalue weighted by molar-refractivity contribution is 9.10. The van der Waals surface area contributed by atoms with Crippen molar-refractivity contribution >= 4 is 32.9 Å². The summed E-state index contributed by atoms with van der Waals surface area (Å²) >= 11 is 3.09. The van der Waals surface area contributed by atoms with Gasteiger partial charge in [-0.1, -0.05) is 0 Å². The zero-order valence-electron chi connectivity index (χ0n) is 9.92. The van der Waals surface area contributed by atoms with Crippen LogP contribution in [0.15, 0.2) is 41.0 Å². The Morgan fingerprint density at radius 3 is 2.85 bits per heavy atom. The first-order valence-corrected chi connectivity index (χ1v) is 6.39. The monoisotopic (exact) mass is 335 g/mol. The largest absolute Gasteiger partial charge is 0.476 e. The number of aromatic nitrogens is 3. The van der Waals surface area contributed by atoms with Crippen molar-refractivity contribution in [3.05, 3.63) is 52.5 Å². The third-order valence-corrected chi connectivity index (χ3v) is 3.40. The van der Waals surface area contributed by atoms with Crippen LogP contribution in [0.4, 0.5) is 4.39 Å². The van der Waals surface area contributed by atoms with E-state index in [1.54, 1.807) is 18.3 Å². The molecule has 20 heavy (non-hydrogen) atoms. The molecule has 2 heterocycles. The molecular formula is C13H7BrFN3O2. The second-order valence-corrected chi connectivity index (χ2v) is 4.89. The maximum absolute atomic E-state index is 13.3. The third-order valence-electron chi connectivity index (χ3n) is 2.79. The van der Waals surface area contributed by atoms with Gasteiger partial charge < -0.3 is 5.11 Å². The minimum absolute atomic E-state index is 0.0893. The van der Waals surface area contributed by atoms with Gasteiger partial charge in [0.05, 0.1) is 15.5 Å². The van der Waals surface area contributed by atoms with Gasteiger partial charge in [0.1, 0.15) is 5.82 Å². The fourth-order valence-corrected chi connectivity index (χ4v) is 2.27. The molecule has 5 nitrogen and oxygen atoms in total. The van der Waals surface area contributed by atoms with Gasteiger partial charge in [-0.3, -0.25) is 0 Å². The predicted octanol–water partition coefficient (Wildman–Crippen LogP) is 3.02. The van der Waals surface area contributed by atoms with Crippen molar-refractivity contribution in [1.82, 2.24) is 14.8 Å². The van der Waals surface area contributed by atoms with E-state index in [4.69, 9.17) is 5.11 Å². The number of nitrogens with zero attached hydrogens (tertiary/aromatic N) is 3. The molecule has 7 heteroatoms. The molecule has 0 bridgehead atoms. The summed E-state index contributed by atoms with van der Waals surface area (Å²) < 4.78 is 14.9. The smallest absolute Gasteiger partial charge is 0.357 e. The Hall–Kier alpha value is -2.28. The van der Waals surface area contributed by atoms with E-state index in [0.29, 0.717) is 16.7 Å². The fraction of sp³-hybridized carbons (Fsp3) is 0. The fourth-order valence-electron chi connectivity index (χ4n) is 1.91. The number of halogens is 2. The SMILES string of the molecule is O=C(O)c1nn(-c2ccc(F)c(Br)c2)c2ncccc12. The number of rotatable bonds is 2. The van der Waals surface area contributed by atoms with Crippen molar-refractivity contribution in [3.8, 4) is 5.69 Å². The van der Waals surface area contributed by atoms with E-state index in [1.165, 1.54) is 22.9 Å². The number of carboxylic acid groups (broad SMARTS) is 1. The van der Waals surface area contributed by atoms with Gasteiger partial charge in [-0.25, -0.2) is 18.9 Å². The Bertz CT molecular complexity index is 832. The second kappa shape index (κ2) is 4.68. The molecule has 0 aliphatic heterocycles. The number of hydrogen-bond donors (Lipinski definition) is 1. The Kier molecular flexibility index (Phi) is 2.98. The molecular weight excluding hydrogens is 329 g/mol. The quantitative estimate of drug-likeness (QED) is 0.781. The number of carbonyl (C=O) groups is 1. The van der Waals surface area contributed by atoms with Crippen LogP contribution in [-0.4, -0.2) is 25.8 Å². The molecule has 1 aromatic carbocycles. The lowest BCUT2D eigenvalue weighted by atomic mass is 10.2. The van der Waals surface area contributed by atoms with Crippen LogP contribution in [0.3, 0.4) is 0 Å². The van der Waals surface area contributed by atoms with Gasteiger partial charge in [0.2, 0.25) is 0 Å². The van der Waals surface area contributed by atoms with Crippen LogP contribution in [-0.2, 0) is 0 Å². The second-order valence-electron chi connectivity index (χ2n) is 4.04. The van der Waals surface area contributed by atoms with Crippen LogP contribution >= 0.6 is 15.9 Å². The Labute approximate surface area is 120 Å². The van der Waals surface area contributed by atoms with Gasteiger partial charge in [-0.15, -0.1) is 0 Å². The summed E-state index contributed by atoms with van der Waals surface area (Å²) in [6.45, 7) is 0. The number of carboxylic acids is 1. The number of fused-ring (bicyclic) bond motifs is 1. The van der Waals surface area contributed by atoms with E-state index in [0.717, 1.165) is 0 Å². The van der Waals surface area contributed by atoms with Crippen LogP contribution in [0.25, 0.3) is 16.7 Å². The molecule has 0 spiro atoms. The molecule has 3 aromatic rings. The zero-order valence-corrected chi connectivity index (χ0v) is 11.5. The van der Waals surface area contributed by atoms with E-state index >= 15 is 0 Å². The predicted molar refractivity (Wildman–Crippen MR) is 73.5 cm³/mol. The normalized spacial score (nSPS) is 10.9. The summed E-state index contributed by atoms with van der Waals surface area (Å²) in [5, 5.41) is 13.6. The molecule has 0 amide bonds. The van der Waals surface area contributed by atoms with Gasteiger partial charge in [0, 0.05) is 6.20 Å². The van der Waals surface area contributed by atoms with Gasteiger partial charge in [0.15, 0.2) is 11.3 Å². The molecule has 0 atom stereocenters. The molecule has 0 saturated heterocycles. The average molecular weight is 336 g/mol. The minimum Gasteiger partial charge on any atom is -0.476 e. The van der Waals surface area contributed by atoms with Crippen LogP contribution in [0.1, 0.15) is 10.5 Å². The number of pyridine rings is 1. The van der Waals surface area contributed by atoms with Crippen molar-refractivity contribution in [2.45, 2.75) is 0 Å². The standard InChI is InChI=1S/C13H7BrFN3O2/c14-9-6-7(3-4-10(9)15)18-12-8(2-1-5-16-12)11(17-18)13(19)20/h1-6H,(H,19,20). The van der Waals surface area contributed by atoms with Gasteiger partial charge in [-0.05, 0) is 46.3 Å². The third kappa shape index (κ3) is 1.96. The molecule has 0 aliphatic rings. The highest BCUT2D eigenvalue weighted by Gasteiger charge is 2.18. The molecule has 0 unspecified atom stereocenters. The van der Waals surface area contributed by atoms with Crippen LogP contribution < -0.4 is 0 Å². The molecule has 2 aromatic heterocycles. The summed E-state index contributed by atoms with van der Waals surface area (Å²) in [4.78, 5) is 15.3. The average Bonchev–Trinajstić information content (AvgIpc) is 2.82. The highest BCUT2D eigenvalue weighted by atomic mass is 79.9. The first-order chi connectivity index (χ1) is 9.58. The van der Waals surface area contributed by atoms with E-state index in [1.807, 2.05) is 0 Å². The minimum atomic E-state index is -1.14. The molecule has 0 radical (unpaired) electrons. The lowest BCUT2D eigenvalue weighted by Gasteiger charge is -2.03. The molecule has 0 saturated carbocycles. The topological polar surface area (TPSA) is 68.0 Å². The van der Waals surface area contributed by atoms with Crippen molar-refractivity contribution in [2.24, 2.45) is 0 Å². The summed E-state index contributed by atoms with van der Waals surface area (Å²) in [7, 11) is 0. The Morgan fingerprint density at radius 1 is 1.35 bits per heavy atom. The summed E-state index contributed by atoms with van der Waals surface area (Å²) in [5.74, 6) is -1.54. The molecule has 0 aliphatic carbocycles. The lowest BCUT2D eigenvalue weighted by molar-refractivity contribution is 0.0692. The Balaban J connectivity index is 2.31. The maximum atomic E-state index is 13.3. The van der Waals surface area contributed by atoms with E-state index in [-0.39, 0.29) is 10.2 Å². The first-order valence-electron chi connectivity index (χ1n) is 5.60. The van der Waals surface area contributed by atoms with E-state index in [9.17, 15) is 9.18 Å². The number of aromatic carboxylic acids is 1. The van der Waals surface area contributed by atoms with E-state index in [2.05, 4.69) is 26.0 Å². The van der Waals surface area contributed by atoms with Gasteiger partial charge in [-0.2, -0.15) is 5.10 Å². The molecule has 0 fully saturated rings. The number of hydrogen-bond acceptors (Lipinski definition) is 3. The lowest BCUT2D eigenvalue weighted by Crippen LogP contribution is -2.02. The zero-order chi connectivity index (χ0) is 14.3. The summed E-state index contributed by atoms with van der Waals surface area (Å²) in [5.41, 5.74) is 0.839. The van der Waals surface area contributed by atoms with E-state index < -0.39 is 11.8 Å². The maximum Gasteiger partial charge on any atom is 0.357 e. The van der Waals surface area contributed by atoms with Crippen molar-refractivity contribution in [1.29, 1.82) is 0 Å². The van der Waals surface area contributed by atoms with Crippen LogP contribution in [0.2, 0.25) is 0 Å². The molecule has 1 N–H and O–H groups in total. The van der Waals surface area contributed by atoms with Crippen molar-refractivity contribution < 1.29 is 14.3 Å². The highest BCUT2D eigenvalue weighted by Crippen LogP contribution is 2.23. The van der Waals surface area contributed by atoms with Crippen molar-refractivity contribution in [3.63, 3.8) is 0 Å². The molecule has 3 rings (SSSR count). The summed E-state index contributed by atoms with van der Waals surface area (Å²) in [6, 6.07) is 7.57. The Morgan fingerprint density at radius 2 is 2.15 bits per heavy atom. The van der Waals surface area contributed by atoms with Crippen molar-refractivity contribution in [2.75, 3.05) is 0 Å². The first kappa shape index (κ1) is 12.7. The number of benzene rings is 1. The molecule has 100 valence electrons. The van der Waals surface area contributed by atoms with Gasteiger partial charge in [0.25, 0.3) is 0 Å².